The zero-order valence-corrected chi connectivity index (χ0v) is 29.7. The van der Waals surface area contributed by atoms with Gasteiger partial charge >= 0.3 is 0 Å². The Morgan fingerprint density at radius 3 is 1.65 bits per heavy atom. The topological polar surface area (TPSA) is 29.3 Å². The van der Waals surface area contributed by atoms with Crippen molar-refractivity contribution >= 4 is 27.8 Å². The molecule has 3 aliphatic rings. The normalized spacial score (nSPS) is 14.8. The second-order valence-electron chi connectivity index (χ2n) is 15.6. The van der Waals surface area contributed by atoms with Crippen molar-refractivity contribution in [3.8, 4) is 56.3 Å². The van der Waals surface area contributed by atoms with Gasteiger partial charge in [0.05, 0.1) is 0 Å². The van der Waals surface area contributed by atoms with Crippen molar-refractivity contribution in [3.63, 3.8) is 0 Å². The van der Waals surface area contributed by atoms with Crippen LogP contribution >= 0.6 is 0 Å². The number of hydrogen-bond acceptors (Lipinski definition) is 3. The Hall–Kier alpha value is -6.19. The summed E-state index contributed by atoms with van der Waals surface area (Å²) in [5.74, 6) is 1.49. The number of aromatic nitrogens is 1. The van der Waals surface area contributed by atoms with E-state index in [0.29, 0.717) is 5.89 Å². The predicted octanol–water partition coefficient (Wildman–Crippen LogP) is 13.2. The third-order valence-corrected chi connectivity index (χ3v) is 12.0. The minimum Gasteiger partial charge on any atom is -0.435 e. The summed E-state index contributed by atoms with van der Waals surface area (Å²) >= 11 is 0. The van der Waals surface area contributed by atoms with Crippen molar-refractivity contribution in [1.29, 1.82) is 0 Å². The Morgan fingerprint density at radius 1 is 0.462 bits per heavy atom. The summed E-state index contributed by atoms with van der Waals surface area (Å²) in [7, 11) is 0. The van der Waals surface area contributed by atoms with Crippen LogP contribution in [0.2, 0.25) is 0 Å². The monoisotopic (exact) mass is 668 g/mol. The van der Waals surface area contributed by atoms with Crippen LogP contribution in [0.3, 0.4) is 0 Å². The van der Waals surface area contributed by atoms with E-state index < -0.39 is 0 Å². The third-order valence-electron chi connectivity index (χ3n) is 12.0. The van der Waals surface area contributed by atoms with Crippen LogP contribution < -0.4 is 4.90 Å². The van der Waals surface area contributed by atoms with Crippen molar-refractivity contribution in [2.45, 2.75) is 38.5 Å². The quantitative estimate of drug-likeness (QED) is 0.187. The van der Waals surface area contributed by atoms with Crippen molar-refractivity contribution in [2.75, 3.05) is 4.90 Å². The SMILES string of the molecule is CC1(C)c2ccccc2-c2ccc(N(c3ccc4c(c3)C(C)(C)c3ccccc3-4)c3cc4c5c(cccc5c3)-c3oc(-c5ccccc5)nc3-4)cc21. The van der Waals surface area contributed by atoms with Crippen molar-refractivity contribution in [3.05, 3.63) is 168 Å². The molecule has 0 bridgehead atoms. The molecule has 11 rings (SSSR count). The van der Waals surface area contributed by atoms with E-state index in [-0.39, 0.29) is 10.8 Å². The lowest BCUT2D eigenvalue weighted by Crippen LogP contribution is -2.18. The lowest BCUT2D eigenvalue weighted by molar-refractivity contribution is 0.590. The molecule has 3 heteroatoms. The first-order valence-electron chi connectivity index (χ1n) is 18.2. The third kappa shape index (κ3) is 3.88. The molecule has 3 aliphatic carbocycles. The first-order valence-corrected chi connectivity index (χ1v) is 18.2. The average Bonchev–Trinajstić information content (AvgIpc) is 3.86. The summed E-state index contributed by atoms with van der Waals surface area (Å²) in [5.41, 5.74) is 18.0. The molecule has 248 valence electrons. The molecule has 0 spiro atoms. The fourth-order valence-electron chi connectivity index (χ4n) is 9.42. The molecule has 0 unspecified atom stereocenters. The molecule has 7 aromatic carbocycles. The largest absolute Gasteiger partial charge is 0.435 e. The molecule has 0 fully saturated rings. The maximum atomic E-state index is 6.54. The molecule has 52 heavy (non-hydrogen) atoms. The molecule has 3 nitrogen and oxygen atoms in total. The molecule has 0 saturated carbocycles. The van der Waals surface area contributed by atoms with Gasteiger partial charge in [-0.1, -0.05) is 125 Å². The first-order chi connectivity index (χ1) is 25.3. The van der Waals surface area contributed by atoms with E-state index in [0.717, 1.165) is 45.2 Å². The Bertz CT molecular complexity index is 2700. The number of oxazole rings is 1. The van der Waals surface area contributed by atoms with Crippen molar-refractivity contribution in [2.24, 2.45) is 0 Å². The molecule has 1 heterocycles. The van der Waals surface area contributed by atoms with E-state index in [1.165, 1.54) is 55.3 Å². The van der Waals surface area contributed by atoms with Gasteiger partial charge in [-0.25, -0.2) is 4.98 Å². The fourth-order valence-corrected chi connectivity index (χ4v) is 9.42. The van der Waals surface area contributed by atoms with Gasteiger partial charge in [0.25, 0.3) is 0 Å². The second-order valence-corrected chi connectivity index (χ2v) is 15.6. The number of nitrogens with zero attached hydrogens (tertiary/aromatic N) is 2. The van der Waals surface area contributed by atoms with E-state index in [4.69, 9.17) is 9.40 Å². The zero-order chi connectivity index (χ0) is 34.9. The van der Waals surface area contributed by atoms with Crippen LogP contribution in [0.15, 0.2) is 150 Å². The van der Waals surface area contributed by atoms with E-state index in [1.807, 2.05) is 18.2 Å². The lowest BCUT2D eigenvalue weighted by atomic mass is 9.82. The molecule has 0 aliphatic heterocycles. The fraction of sp³-hybridized carbons (Fsp3) is 0.122. The minimum atomic E-state index is -0.120. The van der Waals surface area contributed by atoms with E-state index in [9.17, 15) is 0 Å². The molecular formula is C49H36N2O. The maximum absolute atomic E-state index is 6.54. The molecule has 0 N–H and O–H groups in total. The molecule has 8 aromatic rings. The standard InChI is InChI=1S/C49H36N2O/c1-48(2)40-19-10-8-16-34(40)36-23-21-31(27-42(36)48)51(32-22-24-37-35-17-9-11-20-41(35)49(3,4)43(37)28-32)33-25-30-15-12-18-38-44(30)39(26-33)45-46(38)52-47(50-45)29-13-6-5-7-14-29/h5-28H,1-4H3. The average molecular weight is 669 g/mol. The van der Waals surface area contributed by atoms with Gasteiger partial charge < -0.3 is 9.32 Å². The van der Waals surface area contributed by atoms with Crippen LogP contribution in [0.1, 0.15) is 49.9 Å². The number of rotatable bonds is 4. The molecular weight excluding hydrogens is 633 g/mol. The smallest absolute Gasteiger partial charge is 0.227 e. The first kappa shape index (κ1) is 29.5. The lowest BCUT2D eigenvalue weighted by Gasteiger charge is -2.30. The van der Waals surface area contributed by atoms with Gasteiger partial charge in [-0.3, -0.25) is 0 Å². The van der Waals surface area contributed by atoms with Crippen LogP contribution in [0.4, 0.5) is 17.1 Å². The Labute approximate surface area is 303 Å². The van der Waals surface area contributed by atoms with Crippen LogP contribution in [0.5, 0.6) is 0 Å². The van der Waals surface area contributed by atoms with Crippen LogP contribution in [-0.2, 0) is 10.8 Å². The van der Waals surface area contributed by atoms with Crippen LogP contribution in [-0.4, -0.2) is 4.98 Å². The highest BCUT2D eigenvalue weighted by Crippen LogP contribution is 2.55. The summed E-state index contributed by atoms with van der Waals surface area (Å²) in [6.07, 6.45) is 0. The van der Waals surface area contributed by atoms with Gasteiger partial charge in [0.1, 0.15) is 5.69 Å². The van der Waals surface area contributed by atoms with Gasteiger partial charge in [0.2, 0.25) is 5.89 Å². The van der Waals surface area contributed by atoms with Crippen molar-refractivity contribution < 1.29 is 4.42 Å². The predicted molar refractivity (Wildman–Crippen MR) is 214 cm³/mol. The molecule has 0 amide bonds. The zero-order valence-electron chi connectivity index (χ0n) is 29.7. The van der Waals surface area contributed by atoms with Crippen molar-refractivity contribution in [1.82, 2.24) is 4.98 Å². The minimum absolute atomic E-state index is 0.120. The number of hydrogen-bond donors (Lipinski definition) is 0. The maximum Gasteiger partial charge on any atom is 0.227 e. The summed E-state index contributed by atoms with van der Waals surface area (Å²) in [6, 6.07) is 53.3. The van der Waals surface area contributed by atoms with Gasteiger partial charge in [-0.05, 0) is 98.4 Å². The molecule has 0 radical (unpaired) electrons. The summed E-state index contributed by atoms with van der Waals surface area (Å²) < 4.78 is 6.54. The summed E-state index contributed by atoms with van der Waals surface area (Å²) in [5, 5.41) is 2.37. The number of anilines is 3. The van der Waals surface area contributed by atoms with E-state index in [2.05, 4.69) is 160 Å². The highest BCUT2D eigenvalue weighted by atomic mass is 16.4. The van der Waals surface area contributed by atoms with Gasteiger partial charge in [0.15, 0.2) is 5.76 Å². The number of benzene rings is 7. The molecule has 0 atom stereocenters. The second kappa shape index (κ2) is 10.2. The summed E-state index contributed by atoms with van der Waals surface area (Å²) in [6.45, 7) is 9.43. The molecule has 1 aromatic heterocycles. The van der Waals surface area contributed by atoms with E-state index >= 15 is 0 Å². The van der Waals surface area contributed by atoms with Gasteiger partial charge in [-0.15, -0.1) is 0 Å². The van der Waals surface area contributed by atoms with Crippen LogP contribution in [0, 0.1) is 0 Å². The molecule has 0 saturated heterocycles. The highest BCUT2D eigenvalue weighted by Gasteiger charge is 2.38. The van der Waals surface area contributed by atoms with Gasteiger partial charge in [0, 0.05) is 50.0 Å². The van der Waals surface area contributed by atoms with E-state index in [1.54, 1.807) is 0 Å². The van der Waals surface area contributed by atoms with Crippen LogP contribution in [0.25, 0.3) is 67.1 Å². The Morgan fingerprint density at radius 2 is 1.02 bits per heavy atom. The highest BCUT2D eigenvalue weighted by molar-refractivity contribution is 6.15. The Kier molecular flexibility index (Phi) is 5.79. The summed E-state index contributed by atoms with van der Waals surface area (Å²) in [4.78, 5) is 7.60. The number of fused-ring (bicyclic) bond motifs is 9. The van der Waals surface area contributed by atoms with Gasteiger partial charge in [-0.2, -0.15) is 0 Å². The Balaban J connectivity index is 1.14.